The molecule has 6 nitrogen and oxygen atoms in total. The van der Waals surface area contributed by atoms with E-state index in [1.165, 1.54) is 25.7 Å². The fourth-order valence-electron chi connectivity index (χ4n) is 1.92. The average Bonchev–Trinajstić information content (AvgIpc) is 2.47. The Morgan fingerprint density at radius 1 is 1.19 bits per heavy atom. The topological polar surface area (TPSA) is 95.9 Å². The van der Waals surface area contributed by atoms with Gasteiger partial charge in [-0.25, -0.2) is 4.79 Å². The first-order valence-corrected chi connectivity index (χ1v) is 7.60. The minimum atomic E-state index is -0.909. The van der Waals surface area contributed by atoms with Crippen LogP contribution in [-0.2, 0) is 14.5 Å². The van der Waals surface area contributed by atoms with Crippen molar-refractivity contribution in [3.8, 4) is 0 Å². The van der Waals surface area contributed by atoms with Gasteiger partial charge in [-0.15, -0.1) is 0 Å². The van der Waals surface area contributed by atoms with Crippen molar-refractivity contribution in [1.29, 1.82) is 0 Å². The number of unbranched alkanes of at least 4 members (excludes halogenated alkanes) is 5. The van der Waals surface area contributed by atoms with Crippen LogP contribution in [0.15, 0.2) is 12.3 Å². The molecule has 0 bridgehead atoms. The fourth-order valence-corrected chi connectivity index (χ4v) is 1.92. The van der Waals surface area contributed by atoms with Crippen molar-refractivity contribution in [1.82, 2.24) is 5.32 Å². The van der Waals surface area contributed by atoms with Gasteiger partial charge in [0.25, 0.3) is 0 Å². The summed E-state index contributed by atoms with van der Waals surface area (Å²) in [5.74, 6) is -1.71. The summed E-state index contributed by atoms with van der Waals surface area (Å²) in [5.41, 5.74) is 0. The van der Waals surface area contributed by atoms with Crippen molar-refractivity contribution in [3.05, 3.63) is 12.3 Å². The molecule has 0 heterocycles. The highest BCUT2D eigenvalue weighted by atomic mass is 17.1. The molecule has 3 N–H and O–H groups in total. The van der Waals surface area contributed by atoms with Gasteiger partial charge in [-0.2, -0.15) is 5.26 Å². The first-order chi connectivity index (χ1) is 10.1. The van der Waals surface area contributed by atoms with Crippen LogP contribution >= 0.6 is 0 Å². The van der Waals surface area contributed by atoms with Crippen LogP contribution in [0.2, 0.25) is 0 Å². The zero-order valence-electron chi connectivity index (χ0n) is 12.7. The molecule has 0 aromatic heterocycles. The second-order valence-corrected chi connectivity index (χ2v) is 5.02. The number of carbonyl (C=O) groups is 2. The lowest BCUT2D eigenvalue weighted by molar-refractivity contribution is -0.236. The molecule has 0 fully saturated rings. The van der Waals surface area contributed by atoms with E-state index in [1.807, 2.05) is 6.08 Å². The Bertz CT molecular complexity index is 317. The summed E-state index contributed by atoms with van der Waals surface area (Å²) < 4.78 is 0. The van der Waals surface area contributed by atoms with Crippen molar-refractivity contribution >= 4 is 11.9 Å². The summed E-state index contributed by atoms with van der Waals surface area (Å²) in [6.07, 6.45) is 11.2. The van der Waals surface area contributed by atoms with Crippen molar-refractivity contribution in [2.24, 2.45) is 0 Å². The molecule has 0 amide bonds. The summed E-state index contributed by atoms with van der Waals surface area (Å²) in [6, 6.07) is -0.717. The molecular weight excluding hydrogens is 274 g/mol. The van der Waals surface area contributed by atoms with Gasteiger partial charge in [0.05, 0.1) is 0 Å². The molecule has 1 atom stereocenters. The largest absolute Gasteiger partial charge is 0.481 e. The Balaban J connectivity index is 3.89. The van der Waals surface area contributed by atoms with Crippen LogP contribution in [0.1, 0.15) is 64.7 Å². The number of aliphatic carboxylic acids is 1. The zero-order chi connectivity index (χ0) is 15.9. The van der Waals surface area contributed by atoms with Gasteiger partial charge in [0.2, 0.25) is 0 Å². The third kappa shape index (κ3) is 11.9. The van der Waals surface area contributed by atoms with Crippen molar-refractivity contribution in [2.45, 2.75) is 70.8 Å². The number of nitrogens with one attached hydrogen (secondary N) is 1. The average molecular weight is 301 g/mol. The van der Waals surface area contributed by atoms with E-state index in [-0.39, 0.29) is 6.42 Å². The second-order valence-electron chi connectivity index (χ2n) is 5.02. The van der Waals surface area contributed by atoms with E-state index in [4.69, 9.17) is 10.4 Å². The summed E-state index contributed by atoms with van der Waals surface area (Å²) in [5, 5.41) is 19.8. The number of allylic oxidation sites excluding steroid dienone is 1. The minimum Gasteiger partial charge on any atom is -0.481 e. The molecule has 21 heavy (non-hydrogen) atoms. The van der Waals surface area contributed by atoms with Gasteiger partial charge < -0.3 is 10.4 Å². The van der Waals surface area contributed by atoms with Crippen LogP contribution in [0.5, 0.6) is 0 Å². The Morgan fingerprint density at radius 2 is 1.90 bits per heavy atom. The molecule has 1 unspecified atom stereocenters. The molecular formula is C15H27NO5. The standard InChI is InChI=1S/C15H27NO5/c1-2-3-4-5-6-7-8-12-16-13(15(19)21-20)10-9-11-14(17)18/h8,12-13,16,20H,2-7,9-11H2,1H3,(H,17,18). The third-order valence-corrected chi connectivity index (χ3v) is 3.15. The molecule has 0 saturated carbocycles. The van der Waals surface area contributed by atoms with Crippen LogP contribution < -0.4 is 5.32 Å². The van der Waals surface area contributed by atoms with Crippen molar-refractivity contribution in [3.63, 3.8) is 0 Å². The predicted molar refractivity (Wildman–Crippen MR) is 79.6 cm³/mol. The van der Waals surface area contributed by atoms with Gasteiger partial charge in [0.1, 0.15) is 6.04 Å². The van der Waals surface area contributed by atoms with Crippen LogP contribution in [-0.4, -0.2) is 28.3 Å². The van der Waals surface area contributed by atoms with Gasteiger partial charge in [-0.1, -0.05) is 38.7 Å². The van der Waals surface area contributed by atoms with Crippen LogP contribution in [0.4, 0.5) is 0 Å². The molecule has 0 radical (unpaired) electrons. The first-order valence-electron chi connectivity index (χ1n) is 7.60. The number of carboxylic acid groups (broad SMARTS) is 1. The number of carbonyl (C=O) groups excluding carboxylic acids is 1. The van der Waals surface area contributed by atoms with E-state index >= 15 is 0 Å². The van der Waals surface area contributed by atoms with Crippen molar-refractivity contribution in [2.75, 3.05) is 0 Å². The summed E-state index contributed by atoms with van der Waals surface area (Å²) in [4.78, 5) is 25.4. The monoisotopic (exact) mass is 301 g/mol. The van der Waals surface area contributed by atoms with E-state index in [2.05, 4.69) is 17.1 Å². The predicted octanol–water partition coefficient (Wildman–Crippen LogP) is 3.09. The molecule has 0 aliphatic heterocycles. The summed E-state index contributed by atoms with van der Waals surface area (Å²) in [6.45, 7) is 2.18. The van der Waals surface area contributed by atoms with Gasteiger partial charge in [0.15, 0.2) is 0 Å². The van der Waals surface area contributed by atoms with Crippen LogP contribution in [0.3, 0.4) is 0 Å². The maximum Gasteiger partial charge on any atom is 0.363 e. The lowest BCUT2D eigenvalue weighted by Crippen LogP contribution is -2.34. The zero-order valence-corrected chi connectivity index (χ0v) is 12.7. The third-order valence-electron chi connectivity index (χ3n) is 3.15. The Morgan fingerprint density at radius 3 is 2.52 bits per heavy atom. The normalized spacial score (nSPS) is 12.3. The number of hydrogen-bond acceptors (Lipinski definition) is 5. The highest BCUT2D eigenvalue weighted by Crippen LogP contribution is 2.06. The van der Waals surface area contributed by atoms with Gasteiger partial charge in [0, 0.05) is 6.42 Å². The van der Waals surface area contributed by atoms with Crippen molar-refractivity contribution < 1.29 is 24.8 Å². The number of carboxylic acids is 1. The Kier molecular flexibility index (Phi) is 12.4. The number of hydrogen-bond donors (Lipinski definition) is 3. The fraction of sp³-hybridized carbons (Fsp3) is 0.733. The molecule has 0 aromatic rings. The highest BCUT2D eigenvalue weighted by molar-refractivity contribution is 5.75. The SMILES string of the molecule is CCCCCCCC=CNC(CCCC(=O)O)C(=O)OO. The van der Waals surface area contributed by atoms with Gasteiger partial charge in [-0.05, 0) is 31.9 Å². The van der Waals surface area contributed by atoms with Crippen LogP contribution in [0.25, 0.3) is 0 Å². The van der Waals surface area contributed by atoms with E-state index in [0.717, 1.165) is 12.8 Å². The first kappa shape index (κ1) is 19.4. The van der Waals surface area contributed by atoms with Crippen LogP contribution in [0, 0.1) is 0 Å². The highest BCUT2D eigenvalue weighted by Gasteiger charge is 2.18. The lowest BCUT2D eigenvalue weighted by Gasteiger charge is -2.12. The molecule has 0 aromatic carbocycles. The van der Waals surface area contributed by atoms with Gasteiger partial charge >= 0.3 is 11.9 Å². The summed E-state index contributed by atoms with van der Waals surface area (Å²) in [7, 11) is 0. The number of rotatable bonds is 13. The van der Waals surface area contributed by atoms with E-state index < -0.39 is 18.0 Å². The second kappa shape index (κ2) is 13.4. The molecule has 0 spiro atoms. The van der Waals surface area contributed by atoms with E-state index in [0.29, 0.717) is 12.8 Å². The van der Waals surface area contributed by atoms with Gasteiger partial charge in [-0.3, -0.25) is 9.68 Å². The molecule has 0 aliphatic carbocycles. The lowest BCUT2D eigenvalue weighted by atomic mass is 10.1. The molecule has 122 valence electrons. The Labute approximate surface area is 126 Å². The minimum absolute atomic E-state index is 0.0158. The molecule has 0 rings (SSSR count). The Hall–Kier alpha value is -1.56. The maximum atomic E-state index is 11.3. The smallest absolute Gasteiger partial charge is 0.363 e. The quantitative estimate of drug-likeness (QED) is 0.275. The summed E-state index contributed by atoms with van der Waals surface area (Å²) >= 11 is 0. The molecule has 0 aliphatic rings. The van der Waals surface area contributed by atoms with E-state index in [1.54, 1.807) is 6.20 Å². The maximum absolute atomic E-state index is 11.3. The molecule has 0 saturated heterocycles. The molecule has 6 heteroatoms. The van der Waals surface area contributed by atoms with E-state index in [9.17, 15) is 9.59 Å².